The van der Waals surface area contributed by atoms with E-state index in [9.17, 15) is 0 Å². The van der Waals surface area contributed by atoms with Crippen LogP contribution >= 0.6 is 0 Å². The fraction of sp³-hybridized carbons (Fsp3) is 0.333. The van der Waals surface area contributed by atoms with Gasteiger partial charge in [0.05, 0.1) is 0 Å². The highest BCUT2D eigenvalue weighted by atomic mass is 15.1. The second kappa shape index (κ2) is 6.10. The monoisotopic (exact) mass is 266 g/mol. The zero-order valence-corrected chi connectivity index (χ0v) is 12.0. The van der Waals surface area contributed by atoms with E-state index in [1.165, 1.54) is 23.2 Å². The maximum absolute atomic E-state index is 3.44. The number of hydrogen-bond acceptors (Lipinski definition) is 2. The minimum absolute atomic E-state index is 0.434. The molecule has 3 rings (SSSR count). The van der Waals surface area contributed by atoms with E-state index in [1.807, 2.05) is 0 Å². The molecule has 2 aromatic rings. The summed E-state index contributed by atoms with van der Waals surface area (Å²) >= 11 is 0. The molecule has 0 amide bonds. The van der Waals surface area contributed by atoms with Crippen molar-refractivity contribution in [3.05, 3.63) is 65.7 Å². The smallest absolute Gasteiger partial charge is 0.0399 e. The SMILES string of the molecule is CNC(CCN1CCc2ccccc21)c1ccccc1. The van der Waals surface area contributed by atoms with Crippen molar-refractivity contribution in [1.82, 2.24) is 5.32 Å². The van der Waals surface area contributed by atoms with Crippen LogP contribution in [0.5, 0.6) is 0 Å². The molecule has 0 bridgehead atoms. The van der Waals surface area contributed by atoms with E-state index in [1.54, 1.807) is 0 Å². The molecule has 20 heavy (non-hydrogen) atoms. The molecule has 2 aromatic carbocycles. The van der Waals surface area contributed by atoms with Gasteiger partial charge >= 0.3 is 0 Å². The molecule has 1 aliphatic rings. The van der Waals surface area contributed by atoms with Crippen LogP contribution in [0.1, 0.15) is 23.6 Å². The molecule has 0 spiro atoms. The van der Waals surface area contributed by atoms with Gasteiger partial charge < -0.3 is 10.2 Å². The Morgan fingerprint density at radius 2 is 1.80 bits per heavy atom. The van der Waals surface area contributed by atoms with E-state index in [0.717, 1.165) is 19.5 Å². The third kappa shape index (κ3) is 2.70. The Labute approximate surface area is 121 Å². The summed E-state index contributed by atoms with van der Waals surface area (Å²) in [5, 5.41) is 3.44. The first-order chi connectivity index (χ1) is 9.88. The first-order valence-electron chi connectivity index (χ1n) is 7.43. The van der Waals surface area contributed by atoms with Gasteiger partial charge in [0.1, 0.15) is 0 Å². The van der Waals surface area contributed by atoms with Crippen molar-refractivity contribution >= 4 is 5.69 Å². The maximum Gasteiger partial charge on any atom is 0.0399 e. The number of benzene rings is 2. The Balaban J connectivity index is 1.65. The molecule has 104 valence electrons. The third-order valence-electron chi connectivity index (χ3n) is 4.22. The minimum Gasteiger partial charge on any atom is -0.371 e. The van der Waals surface area contributed by atoms with Crippen molar-refractivity contribution < 1.29 is 0 Å². The Bertz CT molecular complexity index is 548. The summed E-state index contributed by atoms with van der Waals surface area (Å²) in [5.41, 5.74) is 4.30. The molecule has 1 aliphatic heterocycles. The van der Waals surface area contributed by atoms with E-state index >= 15 is 0 Å². The Morgan fingerprint density at radius 3 is 2.60 bits per heavy atom. The van der Waals surface area contributed by atoms with Crippen LogP contribution in [-0.4, -0.2) is 20.1 Å². The van der Waals surface area contributed by atoms with Gasteiger partial charge in [-0.25, -0.2) is 0 Å². The number of hydrogen-bond donors (Lipinski definition) is 1. The van der Waals surface area contributed by atoms with Crippen molar-refractivity contribution in [3.8, 4) is 0 Å². The molecule has 0 radical (unpaired) electrons. The van der Waals surface area contributed by atoms with Crippen molar-refractivity contribution in [3.63, 3.8) is 0 Å². The molecule has 1 N–H and O–H groups in total. The second-order valence-corrected chi connectivity index (χ2v) is 5.41. The van der Waals surface area contributed by atoms with Gasteiger partial charge in [0.25, 0.3) is 0 Å². The van der Waals surface area contributed by atoms with Gasteiger partial charge in [0.15, 0.2) is 0 Å². The van der Waals surface area contributed by atoms with Crippen molar-refractivity contribution in [2.75, 3.05) is 25.0 Å². The van der Waals surface area contributed by atoms with Gasteiger partial charge in [-0.1, -0.05) is 48.5 Å². The van der Waals surface area contributed by atoms with Gasteiger partial charge in [-0.3, -0.25) is 0 Å². The van der Waals surface area contributed by atoms with Crippen LogP contribution in [0, 0.1) is 0 Å². The number of rotatable bonds is 5. The summed E-state index contributed by atoms with van der Waals surface area (Å²) in [6, 6.07) is 19.9. The fourth-order valence-electron chi connectivity index (χ4n) is 3.09. The lowest BCUT2D eigenvalue weighted by Crippen LogP contribution is -2.26. The number of nitrogens with zero attached hydrogens (tertiary/aromatic N) is 1. The molecule has 2 nitrogen and oxygen atoms in total. The van der Waals surface area contributed by atoms with Crippen LogP contribution in [0.3, 0.4) is 0 Å². The van der Waals surface area contributed by atoms with Crippen LogP contribution in [0.25, 0.3) is 0 Å². The average molecular weight is 266 g/mol. The predicted octanol–water partition coefficient (Wildman–Crippen LogP) is 3.40. The standard InChI is InChI=1S/C18H22N2/c1-19-17(15-7-3-2-4-8-15)12-14-20-13-11-16-9-5-6-10-18(16)20/h2-10,17,19H,11-14H2,1H3. The minimum atomic E-state index is 0.434. The molecular weight excluding hydrogens is 244 g/mol. The summed E-state index contributed by atoms with van der Waals surface area (Å²) in [6.07, 6.45) is 2.32. The summed E-state index contributed by atoms with van der Waals surface area (Å²) in [6.45, 7) is 2.27. The number of anilines is 1. The lowest BCUT2D eigenvalue weighted by atomic mass is 10.0. The molecule has 1 unspecified atom stereocenters. The number of fused-ring (bicyclic) bond motifs is 1. The molecule has 0 saturated heterocycles. The molecule has 0 aromatic heterocycles. The van der Waals surface area contributed by atoms with Crippen LogP contribution in [0.2, 0.25) is 0 Å². The lowest BCUT2D eigenvalue weighted by Gasteiger charge is -2.23. The summed E-state index contributed by atoms with van der Waals surface area (Å²) < 4.78 is 0. The topological polar surface area (TPSA) is 15.3 Å². The van der Waals surface area contributed by atoms with Crippen molar-refractivity contribution in [1.29, 1.82) is 0 Å². The van der Waals surface area contributed by atoms with Crippen molar-refractivity contribution in [2.24, 2.45) is 0 Å². The predicted molar refractivity (Wildman–Crippen MR) is 85.2 cm³/mol. The van der Waals surface area contributed by atoms with E-state index in [4.69, 9.17) is 0 Å². The first kappa shape index (κ1) is 13.2. The van der Waals surface area contributed by atoms with Gasteiger partial charge in [-0.05, 0) is 37.1 Å². The second-order valence-electron chi connectivity index (χ2n) is 5.41. The van der Waals surface area contributed by atoms with E-state index < -0.39 is 0 Å². The van der Waals surface area contributed by atoms with Gasteiger partial charge in [-0.2, -0.15) is 0 Å². The van der Waals surface area contributed by atoms with Crippen LogP contribution in [-0.2, 0) is 6.42 Å². The maximum atomic E-state index is 3.44. The summed E-state index contributed by atoms with van der Waals surface area (Å²) in [7, 11) is 2.05. The molecule has 0 aliphatic carbocycles. The molecule has 0 fully saturated rings. The highest BCUT2D eigenvalue weighted by Gasteiger charge is 2.19. The van der Waals surface area contributed by atoms with E-state index in [2.05, 4.69) is 71.9 Å². The molecule has 1 atom stereocenters. The zero-order valence-electron chi connectivity index (χ0n) is 12.0. The van der Waals surface area contributed by atoms with Crippen LogP contribution in [0.4, 0.5) is 5.69 Å². The van der Waals surface area contributed by atoms with Gasteiger partial charge in [-0.15, -0.1) is 0 Å². The zero-order chi connectivity index (χ0) is 13.8. The summed E-state index contributed by atoms with van der Waals surface area (Å²) in [5.74, 6) is 0. The molecule has 1 heterocycles. The third-order valence-corrected chi connectivity index (χ3v) is 4.22. The highest BCUT2D eigenvalue weighted by Crippen LogP contribution is 2.28. The number of nitrogens with one attached hydrogen (secondary N) is 1. The first-order valence-corrected chi connectivity index (χ1v) is 7.43. The Kier molecular flexibility index (Phi) is 4.03. The Hall–Kier alpha value is -1.80. The van der Waals surface area contributed by atoms with Crippen LogP contribution in [0.15, 0.2) is 54.6 Å². The molecule has 0 saturated carbocycles. The van der Waals surface area contributed by atoms with E-state index in [-0.39, 0.29) is 0 Å². The summed E-state index contributed by atoms with van der Waals surface area (Å²) in [4.78, 5) is 2.52. The number of para-hydroxylation sites is 1. The van der Waals surface area contributed by atoms with Gasteiger partial charge in [0, 0.05) is 24.8 Å². The Morgan fingerprint density at radius 1 is 1.05 bits per heavy atom. The van der Waals surface area contributed by atoms with Crippen LogP contribution < -0.4 is 10.2 Å². The normalized spacial score (nSPS) is 15.2. The fourth-order valence-corrected chi connectivity index (χ4v) is 3.09. The lowest BCUT2D eigenvalue weighted by molar-refractivity contribution is 0.545. The molecule has 2 heteroatoms. The van der Waals surface area contributed by atoms with E-state index in [0.29, 0.717) is 6.04 Å². The van der Waals surface area contributed by atoms with Gasteiger partial charge in [0.2, 0.25) is 0 Å². The average Bonchev–Trinajstić information content (AvgIpc) is 2.92. The highest BCUT2D eigenvalue weighted by molar-refractivity contribution is 5.57. The quantitative estimate of drug-likeness (QED) is 0.892. The molecular formula is C18H22N2. The largest absolute Gasteiger partial charge is 0.371 e. The van der Waals surface area contributed by atoms with Crippen molar-refractivity contribution in [2.45, 2.75) is 18.9 Å².